The normalized spacial score (nSPS) is 17.8. The van der Waals surface area contributed by atoms with Crippen LogP contribution in [0.3, 0.4) is 0 Å². The highest BCUT2D eigenvalue weighted by Gasteiger charge is 2.20. The van der Waals surface area contributed by atoms with Gasteiger partial charge in [-0.05, 0) is 12.2 Å². The number of allylic oxidation sites excluding steroid dienone is 4. The molecule has 0 amide bonds. The third-order valence-corrected chi connectivity index (χ3v) is 1.53. The smallest absolute Gasteiger partial charge is 0.496 e. The first-order valence-electron chi connectivity index (χ1n) is 4.20. The highest BCUT2D eigenvalue weighted by atomic mass is 19.5. The lowest BCUT2D eigenvalue weighted by atomic mass is 10.1. The molecule has 0 spiro atoms. The summed E-state index contributed by atoms with van der Waals surface area (Å²) in [6.07, 6.45) is 5.57. The average Bonchev–Trinajstić information content (AvgIpc) is 2.16. The minimum Gasteiger partial charge on any atom is -0.496 e. The molecule has 90 valence electrons. The quantitative estimate of drug-likeness (QED) is 0.297. The zero-order valence-electron chi connectivity index (χ0n) is 8.84. The van der Waals surface area contributed by atoms with Crippen molar-refractivity contribution in [3.8, 4) is 0 Å². The van der Waals surface area contributed by atoms with Crippen molar-refractivity contribution in [2.24, 2.45) is 0 Å². The standard InChI is InChI=1S/C9H11O2.BF4/c1-7-8(10-2)5-4-6-9(7)11-3;2-1(3,4)5/h4-6H,1H2,2-3H3;/q+1;-1. The number of ketones is 1. The van der Waals surface area contributed by atoms with Gasteiger partial charge in [-0.2, -0.15) is 0 Å². The van der Waals surface area contributed by atoms with E-state index in [1.165, 1.54) is 0 Å². The number of ether oxygens (including phenoxy) is 1. The van der Waals surface area contributed by atoms with Gasteiger partial charge in [0.2, 0.25) is 0 Å². The maximum Gasteiger partial charge on any atom is 0.673 e. The van der Waals surface area contributed by atoms with E-state index < -0.39 is 7.25 Å². The lowest BCUT2D eigenvalue weighted by molar-refractivity contribution is -0.418. The van der Waals surface area contributed by atoms with Crippen LogP contribution in [0.15, 0.2) is 36.1 Å². The van der Waals surface area contributed by atoms with Crippen LogP contribution in [0.5, 0.6) is 0 Å². The Balaban J connectivity index is 0.000000385. The van der Waals surface area contributed by atoms with Gasteiger partial charge in [0, 0.05) is 6.08 Å². The van der Waals surface area contributed by atoms with Crippen LogP contribution in [0.25, 0.3) is 0 Å². The summed E-state index contributed by atoms with van der Waals surface area (Å²) < 4.78 is 49.1. The summed E-state index contributed by atoms with van der Waals surface area (Å²) in [5, 5.41) is 0. The summed E-state index contributed by atoms with van der Waals surface area (Å²) in [7, 11) is -2.77. The van der Waals surface area contributed by atoms with E-state index in [0.717, 1.165) is 17.1 Å². The van der Waals surface area contributed by atoms with Crippen LogP contribution >= 0.6 is 0 Å². The van der Waals surface area contributed by atoms with Crippen LogP contribution in [0.2, 0.25) is 0 Å². The van der Waals surface area contributed by atoms with E-state index in [4.69, 9.17) is 9.16 Å². The zero-order chi connectivity index (χ0) is 12.8. The largest absolute Gasteiger partial charge is 0.673 e. The minimum absolute atomic E-state index is 0.754. The molecule has 0 fully saturated rings. The topological polar surface area (TPSA) is 20.5 Å². The van der Waals surface area contributed by atoms with Gasteiger partial charge in [-0.3, -0.25) is 4.42 Å². The minimum atomic E-state index is -6.00. The number of carbonyl (C=O) groups excluding carboxylic acids is 1. The second-order valence-electron chi connectivity index (χ2n) is 2.64. The van der Waals surface area contributed by atoms with Crippen molar-refractivity contribution >= 4 is 13.0 Å². The Morgan fingerprint density at radius 3 is 2.19 bits per heavy atom. The van der Waals surface area contributed by atoms with Gasteiger partial charge in [-0.1, -0.05) is 6.58 Å². The van der Waals surface area contributed by atoms with Crippen molar-refractivity contribution in [1.82, 2.24) is 0 Å². The highest BCUT2D eigenvalue weighted by Crippen LogP contribution is 2.14. The summed E-state index contributed by atoms with van der Waals surface area (Å²) >= 11 is 0. The molecule has 0 bridgehead atoms. The van der Waals surface area contributed by atoms with Crippen molar-refractivity contribution in [1.29, 1.82) is 0 Å². The zero-order valence-corrected chi connectivity index (χ0v) is 8.84. The Bertz CT molecular complexity index is 336. The lowest BCUT2D eigenvalue weighted by Crippen LogP contribution is -2.07. The van der Waals surface area contributed by atoms with E-state index >= 15 is 0 Å². The van der Waals surface area contributed by atoms with Crippen molar-refractivity contribution in [3.63, 3.8) is 0 Å². The summed E-state index contributed by atoms with van der Waals surface area (Å²) in [6.45, 7) is 3.81. The van der Waals surface area contributed by atoms with Crippen LogP contribution in [-0.4, -0.2) is 27.3 Å². The number of hydrogen-bond acceptors (Lipinski definition) is 1. The van der Waals surface area contributed by atoms with Gasteiger partial charge in [0.15, 0.2) is 0 Å². The highest BCUT2D eigenvalue weighted by molar-refractivity contribution is 6.50. The van der Waals surface area contributed by atoms with Crippen molar-refractivity contribution in [2.75, 3.05) is 14.2 Å². The Morgan fingerprint density at radius 2 is 1.81 bits per heavy atom. The monoisotopic (exact) mass is 238 g/mol. The number of rotatable bonds is 1. The van der Waals surface area contributed by atoms with Gasteiger partial charge in [-0.25, -0.2) is 0 Å². The van der Waals surface area contributed by atoms with Gasteiger partial charge in [-0.15, -0.1) is 0 Å². The molecule has 0 aromatic carbocycles. The second-order valence-corrected chi connectivity index (χ2v) is 2.64. The van der Waals surface area contributed by atoms with Crippen molar-refractivity contribution in [2.45, 2.75) is 0 Å². The summed E-state index contributed by atoms with van der Waals surface area (Å²) in [5.74, 6) is 1.51. The Labute approximate surface area is 90.7 Å². The molecule has 0 radical (unpaired) electrons. The molecule has 0 unspecified atom stereocenters. The second kappa shape index (κ2) is 6.14. The SMILES string of the molecule is C=C1C(OC)=CC=CC1=[O+]C.F[B-](F)(F)F. The van der Waals surface area contributed by atoms with E-state index in [1.807, 2.05) is 18.2 Å². The number of methoxy groups -OCH3 is 1. The first-order valence-corrected chi connectivity index (χ1v) is 4.20. The fraction of sp³-hybridized carbons (Fsp3) is 0.222. The molecule has 1 aliphatic carbocycles. The maximum atomic E-state index is 9.75. The van der Waals surface area contributed by atoms with E-state index in [2.05, 4.69) is 6.58 Å². The third-order valence-electron chi connectivity index (χ3n) is 1.53. The summed E-state index contributed by atoms with van der Waals surface area (Å²) in [4.78, 5) is 0. The van der Waals surface area contributed by atoms with Crippen molar-refractivity contribution in [3.05, 3.63) is 36.1 Å². The van der Waals surface area contributed by atoms with Crippen molar-refractivity contribution < 1.29 is 26.4 Å². The molecule has 0 heterocycles. The van der Waals surface area contributed by atoms with E-state index in [1.54, 1.807) is 14.2 Å². The molecule has 1 aliphatic rings. The maximum absolute atomic E-state index is 9.75. The molecule has 0 atom stereocenters. The predicted molar refractivity (Wildman–Crippen MR) is 54.5 cm³/mol. The van der Waals surface area contributed by atoms with E-state index in [0.29, 0.717) is 0 Å². The number of hydrogen-bond donors (Lipinski definition) is 0. The Morgan fingerprint density at radius 1 is 1.31 bits per heavy atom. The fourth-order valence-corrected chi connectivity index (χ4v) is 0.928. The molecule has 16 heavy (non-hydrogen) atoms. The molecular formula is C9H11BF4O2. The molecule has 2 nitrogen and oxygen atoms in total. The van der Waals surface area contributed by atoms with Crippen LogP contribution in [-0.2, 0) is 9.16 Å². The van der Waals surface area contributed by atoms with E-state index in [9.17, 15) is 17.3 Å². The van der Waals surface area contributed by atoms with E-state index in [-0.39, 0.29) is 0 Å². The first kappa shape index (κ1) is 14.5. The predicted octanol–water partition coefficient (Wildman–Crippen LogP) is 2.68. The van der Waals surface area contributed by atoms with Crippen LogP contribution in [0.4, 0.5) is 17.3 Å². The number of halogens is 4. The van der Waals surface area contributed by atoms with Gasteiger partial charge in [0.25, 0.3) is 7.11 Å². The van der Waals surface area contributed by atoms with Crippen LogP contribution in [0.1, 0.15) is 0 Å². The molecule has 0 saturated heterocycles. The summed E-state index contributed by atoms with van der Waals surface area (Å²) in [5.41, 5.74) is 0.789. The van der Waals surface area contributed by atoms with Crippen LogP contribution < -0.4 is 0 Å². The molecule has 0 aromatic rings. The van der Waals surface area contributed by atoms with Crippen LogP contribution in [0, 0.1) is 0 Å². The Kier molecular flexibility index (Phi) is 5.56. The molecule has 7 heteroatoms. The Hall–Kier alpha value is -1.53. The van der Waals surface area contributed by atoms with Gasteiger partial charge in [0.05, 0.1) is 7.11 Å². The third kappa shape index (κ3) is 6.05. The summed E-state index contributed by atoms with van der Waals surface area (Å²) in [6, 6.07) is 0. The molecular weight excluding hydrogens is 227 g/mol. The molecule has 0 saturated carbocycles. The molecule has 0 aliphatic heterocycles. The molecule has 0 aromatic heterocycles. The van der Waals surface area contributed by atoms with Gasteiger partial charge < -0.3 is 22.0 Å². The van der Waals surface area contributed by atoms with Gasteiger partial charge in [0.1, 0.15) is 11.3 Å². The molecule has 1 rings (SSSR count). The van der Waals surface area contributed by atoms with Gasteiger partial charge >= 0.3 is 13.0 Å². The first-order chi connectivity index (χ1) is 7.29. The average molecular weight is 238 g/mol. The lowest BCUT2D eigenvalue weighted by Gasteiger charge is -2.05. The molecule has 0 N–H and O–H groups in total. The fourth-order valence-electron chi connectivity index (χ4n) is 0.928.